The van der Waals surface area contributed by atoms with Crippen LogP contribution in [0.2, 0.25) is 0 Å². The molecule has 0 radical (unpaired) electrons. The van der Waals surface area contributed by atoms with E-state index in [2.05, 4.69) is 0 Å². The van der Waals surface area contributed by atoms with Crippen LogP contribution in [0.4, 0.5) is 9.18 Å². The summed E-state index contributed by atoms with van der Waals surface area (Å²) in [6.45, 7) is 0.487. The lowest BCUT2D eigenvalue weighted by atomic mass is 9.69. The molecule has 132 valence electrons. The number of rotatable bonds is 4. The van der Waals surface area contributed by atoms with E-state index in [4.69, 9.17) is 4.74 Å². The topological polar surface area (TPSA) is 72.7 Å². The fourth-order valence-electron chi connectivity index (χ4n) is 3.64. The van der Waals surface area contributed by atoms with Gasteiger partial charge in [-0.25, -0.2) is 9.18 Å². The molecule has 0 unspecified atom stereocenters. The van der Waals surface area contributed by atoms with E-state index >= 15 is 0 Å². The molecule has 1 aliphatic heterocycles. The molecule has 0 spiro atoms. The lowest BCUT2D eigenvalue weighted by molar-refractivity contribution is -0.520. The number of carbonyl (C=O) groups is 1. The summed E-state index contributed by atoms with van der Waals surface area (Å²) in [5, 5.41) is 11.8. The van der Waals surface area contributed by atoms with Crippen LogP contribution in [0.3, 0.4) is 0 Å². The van der Waals surface area contributed by atoms with Crippen LogP contribution in [0, 0.1) is 15.9 Å². The van der Waals surface area contributed by atoms with Crippen molar-refractivity contribution in [1.29, 1.82) is 0 Å². The second kappa shape index (κ2) is 6.25. The highest BCUT2D eigenvalue weighted by Crippen LogP contribution is 2.51. The van der Waals surface area contributed by atoms with Gasteiger partial charge in [-0.2, -0.15) is 0 Å². The second-order valence-corrected chi connectivity index (χ2v) is 6.19. The summed E-state index contributed by atoms with van der Waals surface area (Å²) in [6, 6.07) is 13.8. The summed E-state index contributed by atoms with van der Waals surface area (Å²) in [5.41, 5.74) is 2.51. The zero-order chi connectivity index (χ0) is 18.3. The summed E-state index contributed by atoms with van der Waals surface area (Å²) in [4.78, 5) is 24.8. The third-order valence-corrected chi connectivity index (χ3v) is 4.78. The first-order chi connectivity index (χ1) is 12.6. The molecular formula is C19H15FN2O4. The number of hydrogen-bond donors (Lipinski definition) is 0. The van der Waals surface area contributed by atoms with Crippen LogP contribution in [0.25, 0.3) is 5.57 Å². The van der Waals surface area contributed by atoms with Crippen LogP contribution in [0.15, 0.2) is 60.3 Å². The summed E-state index contributed by atoms with van der Waals surface area (Å²) < 4.78 is 18.3. The number of amides is 1. The Morgan fingerprint density at radius 3 is 2.38 bits per heavy atom. The van der Waals surface area contributed by atoms with E-state index in [1.54, 1.807) is 12.1 Å². The van der Waals surface area contributed by atoms with Crippen molar-refractivity contribution in [2.75, 3.05) is 13.2 Å². The first-order valence-corrected chi connectivity index (χ1v) is 8.20. The van der Waals surface area contributed by atoms with E-state index < -0.39 is 23.9 Å². The smallest absolute Gasteiger partial charge is 0.414 e. The van der Waals surface area contributed by atoms with Crippen molar-refractivity contribution in [3.05, 3.63) is 87.4 Å². The highest BCUT2D eigenvalue weighted by molar-refractivity contribution is 5.86. The van der Waals surface area contributed by atoms with E-state index in [0.29, 0.717) is 16.8 Å². The predicted molar refractivity (Wildman–Crippen MR) is 91.3 cm³/mol. The molecule has 0 bridgehead atoms. The molecule has 1 aliphatic carbocycles. The van der Waals surface area contributed by atoms with Gasteiger partial charge in [0.15, 0.2) is 0 Å². The maximum Gasteiger partial charge on any atom is 0.414 e. The number of ether oxygens (including phenoxy) is 1. The Morgan fingerprint density at radius 1 is 1.12 bits per heavy atom. The molecule has 6 nitrogen and oxygen atoms in total. The first-order valence-electron chi connectivity index (χ1n) is 8.20. The van der Waals surface area contributed by atoms with Gasteiger partial charge in [0.05, 0.1) is 12.5 Å². The molecule has 0 saturated carbocycles. The quantitative estimate of drug-likeness (QED) is 0.623. The fraction of sp³-hybridized carbons (Fsp3) is 0.211. The number of carbonyl (C=O) groups excluding carboxylic acids is 1. The zero-order valence-electron chi connectivity index (χ0n) is 13.7. The molecule has 2 atom stereocenters. The molecule has 4 rings (SSSR count). The second-order valence-electron chi connectivity index (χ2n) is 6.19. The molecule has 2 aliphatic rings. The number of nitrogens with zero attached hydrogens (tertiary/aromatic N) is 2. The summed E-state index contributed by atoms with van der Waals surface area (Å²) in [5.74, 6) is -0.962. The van der Waals surface area contributed by atoms with Crippen molar-refractivity contribution in [3.63, 3.8) is 0 Å². The minimum absolute atomic E-state index is 0.204. The first kappa shape index (κ1) is 16.3. The standard InChI is InChI=1S/C19H15FN2O4/c20-14-8-6-13(7-9-14)16-15(12-4-2-1-3-5-12)17(18(16)22(24)25)21-10-11-26-19(21)23/h1-9,16,18H,10-11H2/t16-,18-/m1/s1. The maximum atomic E-state index is 13.3. The lowest BCUT2D eigenvalue weighted by Gasteiger charge is -2.39. The highest BCUT2D eigenvalue weighted by atomic mass is 19.1. The molecule has 1 fully saturated rings. The van der Waals surface area contributed by atoms with E-state index in [-0.39, 0.29) is 18.1 Å². The Kier molecular flexibility index (Phi) is 3.91. The Morgan fingerprint density at radius 2 is 1.81 bits per heavy atom. The molecular weight excluding hydrogens is 339 g/mol. The fourth-order valence-corrected chi connectivity index (χ4v) is 3.64. The number of hydrogen-bond acceptors (Lipinski definition) is 4. The van der Waals surface area contributed by atoms with Crippen molar-refractivity contribution >= 4 is 11.7 Å². The summed E-state index contributed by atoms with van der Waals surface area (Å²) in [7, 11) is 0. The number of cyclic esters (lactones) is 1. The molecule has 2 aromatic carbocycles. The molecule has 0 aromatic heterocycles. The average molecular weight is 354 g/mol. The van der Waals surface area contributed by atoms with Gasteiger partial charge in [-0.3, -0.25) is 15.0 Å². The third kappa shape index (κ3) is 2.52. The van der Waals surface area contributed by atoms with Crippen molar-refractivity contribution in [2.24, 2.45) is 0 Å². The van der Waals surface area contributed by atoms with Gasteiger partial charge in [-0.05, 0) is 23.3 Å². The molecule has 26 heavy (non-hydrogen) atoms. The van der Waals surface area contributed by atoms with Crippen molar-refractivity contribution < 1.29 is 18.8 Å². The van der Waals surface area contributed by atoms with E-state index in [1.807, 2.05) is 30.3 Å². The van der Waals surface area contributed by atoms with Gasteiger partial charge in [-0.15, -0.1) is 0 Å². The third-order valence-electron chi connectivity index (χ3n) is 4.78. The molecule has 0 N–H and O–H groups in total. The molecule has 2 aromatic rings. The van der Waals surface area contributed by atoms with Crippen LogP contribution in [-0.4, -0.2) is 35.1 Å². The number of nitro groups is 1. The van der Waals surface area contributed by atoms with Crippen LogP contribution < -0.4 is 0 Å². The van der Waals surface area contributed by atoms with Crippen LogP contribution in [0.1, 0.15) is 17.0 Å². The van der Waals surface area contributed by atoms with Crippen LogP contribution in [-0.2, 0) is 4.74 Å². The van der Waals surface area contributed by atoms with Crippen molar-refractivity contribution in [2.45, 2.75) is 12.0 Å². The summed E-state index contributed by atoms with van der Waals surface area (Å²) >= 11 is 0. The Balaban J connectivity index is 1.89. The van der Waals surface area contributed by atoms with Gasteiger partial charge in [0.25, 0.3) is 6.04 Å². The normalized spacial score (nSPS) is 22.2. The minimum atomic E-state index is -1.08. The molecule has 1 saturated heterocycles. The molecule has 7 heteroatoms. The molecule has 1 amide bonds. The summed E-state index contributed by atoms with van der Waals surface area (Å²) in [6.07, 6.45) is -0.571. The Bertz CT molecular complexity index is 896. The minimum Gasteiger partial charge on any atom is -0.447 e. The zero-order valence-corrected chi connectivity index (χ0v) is 13.7. The Labute approximate surface area is 148 Å². The molecule has 1 heterocycles. The highest BCUT2D eigenvalue weighted by Gasteiger charge is 2.54. The number of halogens is 1. The van der Waals surface area contributed by atoms with E-state index in [9.17, 15) is 19.3 Å². The van der Waals surface area contributed by atoms with Gasteiger partial charge < -0.3 is 4.74 Å². The predicted octanol–water partition coefficient (Wildman–Crippen LogP) is 3.43. The monoisotopic (exact) mass is 354 g/mol. The number of benzene rings is 2. The largest absolute Gasteiger partial charge is 0.447 e. The van der Waals surface area contributed by atoms with Gasteiger partial charge in [0.1, 0.15) is 18.1 Å². The van der Waals surface area contributed by atoms with Gasteiger partial charge >= 0.3 is 6.09 Å². The van der Waals surface area contributed by atoms with Crippen molar-refractivity contribution in [1.82, 2.24) is 4.90 Å². The van der Waals surface area contributed by atoms with Crippen LogP contribution >= 0.6 is 0 Å². The van der Waals surface area contributed by atoms with E-state index in [1.165, 1.54) is 17.0 Å². The van der Waals surface area contributed by atoms with Gasteiger partial charge in [-0.1, -0.05) is 42.5 Å². The van der Waals surface area contributed by atoms with E-state index in [0.717, 1.165) is 5.56 Å². The van der Waals surface area contributed by atoms with Gasteiger partial charge in [0, 0.05) is 10.5 Å². The maximum absolute atomic E-state index is 13.3. The Hall–Kier alpha value is -3.22. The van der Waals surface area contributed by atoms with Crippen LogP contribution in [0.5, 0.6) is 0 Å². The lowest BCUT2D eigenvalue weighted by Crippen LogP contribution is -2.47. The van der Waals surface area contributed by atoms with Gasteiger partial charge in [0.2, 0.25) is 0 Å². The SMILES string of the molecule is O=C1OCCN1C1=C(c2ccccc2)[C@@H](c2ccc(F)cc2)[C@H]1[N+](=O)[O-]. The van der Waals surface area contributed by atoms with Crippen molar-refractivity contribution in [3.8, 4) is 0 Å². The average Bonchev–Trinajstić information content (AvgIpc) is 3.02.